The SMILES string of the molecule is CCCCCO[Si](CC)(CC)OCc1c(Cl)cc(Cl)cc1Cl. The van der Waals surface area contributed by atoms with Crippen molar-refractivity contribution in [1.29, 1.82) is 0 Å². The summed E-state index contributed by atoms with van der Waals surface area (Å²) < 4.78 is 12.4. The second-order valence-corrected chi connectivity index (χ2v) is 10.4. The van der Waals surface area contributed by atoms with E-state index in [2.05, 4.69) is 20.8 Å². The molecule has 0 N–H and O–H groups in total. The van der Waals surface area contributed by atoms with E-state index in [9.17, 15) is 0 Å². The van der Waals surface area contributed by atoms with Crippen molar-refractivity contribution in [3.8, 4) is 0 Å². The van der Waals surface area contributed by atoms with E-state index in [1.54, 1.807) is 12.1 Å². The van der Waals surface area contributed by atoms with Gasteiger partial charge in [-0.2, -0.15) is 0 Å². The number of halogens is 3. The normalized spacial score (nSPS) is 11.9. The zero-order chi connectivity index (χ0) is 16.6. The van der Waals surface area contributed by atoms with Crippen molar-refractivity contribution in [2.45, 2.75) is 58.7 Å². The number of rotatable bonds is 10. The predicted molar refractivity (Wildman–Crippen MR) is 98.5 cm³/mol. The molecule has 22 heavy (non-hydrogen) atoms. The van der Waals surface area contributed by atoms with Crippen LogP contribution in [-0.4, -0.2) is 15.2 Å². The van der Waals surface area contributed by atoms with E-state index in [0.29, 0.717) is 21.7 Å². The third-order valence-corrected chi connectivity index (χ3v) is 8.22. The van der Waals surface area contributed by atoms with Crippen molar-refractivity contribution >= 4 is 43.4 Å². The summed E-state index contributed by atoms with van der Waals surface area (Å²) in [5.41, 5.74) is 0.781. The van der Waals surface area contributed by atoms with Crippen molar-refractivity contribution in [3.05, 3.63) is 32.8 Å². The van der Waals surface area contributed by atoms with Crippen LogP contribution in [0.2, 0.25) is 27.2 Å². The maximum atomic E-state index is 6.22. The van der Waals surface area contributed by atoms with Crippen LogP contribution in [0, 0.1) is 0 Å². The molecule has 0 spiro atoms. The lowest BCUT2D eigenvalue weighted by Gasteiger charge is -2.29. The molecule has 0 heterocycles. The Morgan fingerprint density at radius 2 is 1.50 bits per heavy atom. The molecule has 1 aromatic carbocycles. The molecule has 0 saturated carbocycles. The average molecular weight is 384 g/mol. The van der Waals surface area contributed by atoms with E-state index in [1.807, 2.05) is 0 Å². The molecule has 0 fully saturated rings. The highest BCUT2D eigenvalue weighted by Crippen LogP contribution is 2.31. The summed E-state index contributed by atoms with van der Waals surface area (Å²) in [7, 11) is -2.19. The van der Waals surface area contributed by atoms with E-state index >= 15 is 0 Å². The fraction of sp³-hybridized carbons (Fsp3) is 0.625. The fourth-order valence-corrected chi connectivity index (χ4v) is 5.47. The Hall–Kier alpha value is 0.227. The minimum absolute atomic E-state index is 0.372. The Morgan fingerprint density at radius 1 is 0.909 bits per heavy atom. The highest BCUT2D eigenvalue weighted by atomic mass is 35.5. The van der Waals surface area contributed by atoms with Crippen LogP contribution in [0.5, 0.6) is 0 Å². The molecule has 0 aliphatic heterocycles. The Kier molecular flexibility index (Phi) is 9.37. The van der Waals surface area contributed by atoms with Gasteiger partial charge in [-0.25, -0.2) is 0 Å². The molecule has 0 aliphatic carbocycles. The van der Waals surface area contributed by atoms with E-state index < -0.39 is 8.56 Å². The molecule has 126 valence electrons. The lowest BCUT2D eigenvalue weighted by atomic mass is 10.2. The standard InChI is InChI=1S/C16H25Cl3O2Si/c1-4-7-8-9-20-22(5-2,6-3)21-12-14-15(18)10-13(17)11-16(14)19/h10-11H,4-9,12H2,1-3H3. The largest absolute Gasteiger partial charge is 0.394 e. The molecule has 0 amide bonds. The minimum Gasteiger partial charge on any atom is -0.394 e. The van der Waals surface area contributed by atoms with Gasteiger partial charge in [-0.1, -0.05) is 68.4 Å². The number of unbranched alkanes of at least 4 members (excludes halogenated alkanes) is 2. The molecule has 0 saturated heterocycles. The predicted octanol–water partition coefficient (Wildman–Crippen LogP) is 6.85. The van der Waals surface area contributed by atoms with E-state index in [0.717, 1.165) is 30.7 Å². The molecule has 6 heteroatoms. The van der Waals surface area contributed by atoms with E-state index in [1.165, 1.54) is 12.8 Å². The quantitative estimate of drug-likeness (QED) is 0.325. The van der Waals surface area contributed by atoms with E-state index in [4.69, 9.17) is 43.7 Å². The molecule has 0 bridgehead atoms. The van der Waals surface area contributed by atoms with Crippen LogP contribution in [0.4, 0.5) is 0 Å². The highest BCUT2D eigenvalue weighted by molar-refractivity contribution is 6.67. The first-order chi connectivity index (χ1) is 10.5. The van der Waals surface area contributed by atoms with Crippen molar-refractivity contribution in [3.63, 3.8) is 0 Å². The van der Waals surface area contributed by atoms with Gasteiger partial charge in [0.25, 0.3) is 0 Å². The maximum Gasteiger partial charge on any atom is 0.337 e. The number of hydrogen-bond donors (Lipinski definition) is 0. The summed E-state index contributed by atoms with van der Waals surface area (Å²) in [4.78, 5) is 0. The van der Waals surface area contributed by atoms with Gasteiger partial charge in [0.05, 0.1) is 6.61 Å². The topological polar surface area (TPSA) is 18.5 Å². The van der Waals surface area contributed by atoms with Gasteiger partial charge in [-0.15, -0.1) is 0 Å². The van der Waals surface area contributed by atoms with Crippen LogP contribution in [0.15, 0.2) is 12.1 Å². The molecule has 2 nitrogen and oxygen atoms in total. The van der Waals surface area contributed by atoms with Gasteiger partial charge in [0.2, 0.25) is 0 Å². The Morgan fingerprint density at radius 3 is 2.00 bits per heavy atom. The summed E-state index contributed by atoms with van der Waals surface area (Å²) in [6.45, 7) is 7.58. The van der Waals surface area contributed by atoms with Gasteiger partial charge in [0.15, 0.2) is 0 Å². The Bertz CT molecular complexity index is 442. The van der Waals surface area contributed by atoms with Crippen molar-refractivity contribution < 1.29 is 8.85 Å². The van der Waals surface area contributed by atoms with Gasteiger partial charge < -0.3 is 8.85 Å². The van der Waals surface area contributed by atoms with Crippen molar-refractivity contribution in [1.82, 2.24) is 0 Å². The van der Waals surface area contributed by atoms with Gasteiger partial charge in [0.1, 0.15) is 0 Å². The van der Waals surface area contributed by atoms with Crippen molar-refractivity contribution in [2.75, 3.05) is 6.61 Å². The Labute approximate surface area is 150 Å². The first kappa shape index (κ1) is 20.3. The fourth-order valence-electron chi connectivity index (χ4n) is 2.22. The van der Waals surface area contributed by atoms with Gasteiger partial charge in [0, 0.05) is 27.2 Å². The lowest BCUT2D eigenvalue weighted by Crippen LogP contribution is -2.41. The molecule has 0 aliphatic rings. The molecule has 1 rings (SSSR count). The summed E-state index contributed by atoms with van der Waals surface area (Å²) in [6.07, 6.45) is 3.46. The zero-order valence-electron chi connectivity index (χ0n) is 13.6. The number of hydrogen-bond acceptors (Lipinski definition) is 2. The smallest absolute Gasteiger partial charge is 0.337 e. The Balaban J connectivity index is 2.71. The monoisotopic (exact) mass is 382 g/mol. The van der Waals surface area contributed by atoms with Crippen LogP contribution >= 0.6 is 34.8 Å². The number of benzene rings is 1. The summed E-state index contributed by atoms with van der Waals surface area (Å²) in [6, 6.07) is 5.21. The zero-order valence-corrected chi connectivity index (χ0v) is 16.8. The second kappa shape index (κ2) is 10.2. The average Bonchev–Trinajstić information content (AvgIpc) is 2.48. The van der Waals surface area contributed by atoms with Gasteiger partial charge in [-0.05, 0) is 30.6 Å². The molecule has 0 atom stereocenters. The van der Waals surface area contributed by atoms with Gasteiger partial charge >= 0.3 is 8.56 Å². The van der Waals surface area contributed by atoms with Crippen LogP contribution in [0.3, 0.4) is 0 Å². The van der Waals surface area contributed by atoms with Crippen LogP contribution in [-0.2, 0) is 15.5 Å². The molecule has 0 radical (unpaired) electrons. The maximum absolute atomic E-state index is 6.22. The second-order valence-electron chi connectivity index (χ2n) is 5.31. The summed E-state index contributed by atoms with van der Waals surface area (Å²) in [5.74, 6) is 0. The molecular formula is C16H25Cl3O2Si. The van der Waals surface area contributed by atoms with Crippen LogP contribution in [0.25, 0.3) is 0 Å². The third-order valence-electron chi connectivity index (χ3n) is 3.78. The minimum atomic E-state index is -2.19. The molecule has 0 aromatic heterocycles. The first-order valence-corrected chi connectivity index (χ1v) is 11.3. The molecule has 0 unspecified atom stereocenters. The summed E-state index contributed by atoms with van der Waals surface area (Å²) in [5, 5.41) is 1.61. The van der Waals surface area contributed by atoms with Crippen molar-refractivity contribution in [2.24, 2.45) is 0 Å². The summed E-state index contributed by atoms with van der Waals surface area (Å²) >= 11 is 18.4. The van der Waals surface area contributed by atoms with Gasteiger partial charge in [-0.3, -0.25) is 0 Å². The van der Waals surface area contributed by atoms with Crippen LogP contribution < -0.4 is 0 Å². The third kappa shape index (κ3) is 6.03. The first-order valence-electron chi connectivity index (χ1n) is 7.89. The van der Waals surface area contributed by atoms with Crippen LogP contribution in [0.1, 0.15) is 45.6 Å². The molecule has 1 aromatic rings. The lowest BCUT2D eigenvalue weighted by molar-refractivity contribution is 0.159. The highest BCUT2D eigenvalue weighted by Gasteiger charge is 2.33. The molecular weight excluding hydrogens is 359 g/mol. The van der Waals surface area contributed by atoms with E-state index in [-0.39, 0.29) is 0 Å².